The average molecular weight is 287 g/mol. The Morgan fingerprint density at radius 2 is 2.05 bits per heavy atom. The number of carbonyl (C=O) groups is 3. The van der Waals surface area contributed by atoms with Gasteiger partial charge in [0.05, 0.1) is 6.10 Å². The Hall–Kier alpha value is -1.83. The van der Waals surface area contributed by atoms with Crippen molar-refractivity contribution in [3.05, 3.63) is 0 Å². The highest BCUT2D eigenvalue weighted by Crippen LogP contribution is 2.19. The molecule has 2 atom stereocenters. The van der Waals surface area contributed by atoms with Crippen molar-refractivity contribution in [1.82, 2.24) is 15.1 Å². The topological polar surface area (TPSA) is 110 Å². The molecule has 0 aromatic rings. The number of hydrogen-bond donors (Lipinski definition) is 3. The zero-order valence-electron chi connectivity index (χ0n) is 11.7. The monoisotopic (exact) mass is 287 g/mol. The van der Waals surface area contributed by atoms with Gasteiger partial charge in [0.25, 0.3) is 0 Å². The van der Waals surface area contributed by atoms with Crippen LogP contribution in [-0.4, -0.2) is 76.7 Å². The first-order valence-electron chi connectivity index (χ1n) is 6.56. The Balaban J connectivity index is 2.59. The predicted octanol–water partition coefficient (Wildman–Crippen LogP) is -0.916. The Bertz CT molecular complexity index is 387. The molecule has 1 rings (SSSR count). The number of hydrogen-bond acceptors (Lipinski definition) is 4. The molecule has 8 nitrogen and oxygen atoms in total. The molecule has 0 spiro atoms. The molecule has 0 unspecified atom stereocenters. The highest BCUT2D eigenvalue weighted by Gasteiger charge is 2.40. The van der Waals surface area contributed by atoms with Gasteiger partial charge >= 0.3 is 12.0 Å². The molecule has 0 aliphatic carbocycles. The summed E-state index contributed by atoms with van der Waals surface area (Å²) in [4.78, 5) is 36.9. The van der Waals surface area contributed by atoms with Gasteiger partial charge in [-0.05, 0) is 6.42 Å². The van der Waals surface area contributed by atoms with Crippen LogP contribution in [0.2, 0.25) is 0 Å². The molecule has 1 heterocycles. The fourth-order valence-electron chi connectivity index (χ4n) is 2.08. The molecule has 8 heteroatoms. The molecule has 0 aromatic heterocycles. The Kier molecular flexibility index (Phi) is 5.75. The molecule has 1 saturated heterocycles. The molecule has 0 bridgehead atoms. The molecule has 0 radical (unpaired) electrons. The van der Waals surface area contributed by atoms with E-state index in [1.807, 2.05) is 6.92 Å². The molecule has 0 aromatic carbocycles. The minimum absolute atomic E-state index is 0.0109. The average Bonchev–Trinajstić information content (AvgIpc) is 2.77. The number of carboxylic acids is 1. The minimum atomic E-state index is -1.15. The van der Waals surface area contributed by atoms with Gasteiger partial charge < -0.3 is 25.3 Å². The maximum atomic E-state index is 12.1. The van der Waals surface area contributed by atoms with Gasteiger partial charge in [0.1, 0.15) is 12.6 Å². The van der Waals surface area contributed by atoms with E-state index in [-0.39, 0.29) is 25.4 Å². The number of carbonyl (C=O) groups excluding carboxylic acids is 2. The van der Waals surface area contributed by atoms with Gasteiger partial charge in [-0.25, -0.2) is 9.59 Å². The lowest BCUT2D eigenvalue weighted by atomic mass is 10.2. The number of aliphatic carboxylic acids is 1. The van der Waals surface area contributed by atoms with Crippen LogP contribution in [0.3, 0.4) is 0 Å². The summed E-state index contributed by atoms with van der Waals surface area (Å²) in [5.41, 5.74) is 0. The van der Waals surface area contributed by atoms with Crippen LogP contribution in [0.25, 0.3) is 0 Å². The fourth-order valence-corrected chi connectivity index (χ4v) is 2.08. The van der Waals surface area contributed by atoms with Crippen molar-refractivity contribution < 1.29 is 24.6 Å². The highest BCUT2D eigenvalue weighted by atomic mass is 16.4. The van der Waals surface area contributed by atoms with E-state index in [1.165, 1.54) is 7.05 Å². The van der Waals surface area contributed by atoms with E-state index in [2.05, 4.69) is 5.32 Å². The lowest BCUT2D eigenvalue weighted by Crippen LogP contribution is -2.49. The predicted molar refractivity (Wildman–Crippen MR) is 70.1 cm³/mol. The molecule has 20 heavy (non-hydrogen) atoms. The van der Waals surface area contributed by atoms with Crippen molar-refractivity contribution in [3.63, 3.8) is 0 Å². The molecular formula is C12H21N3O5. The SMILES string of the molecule is CCCNC(=O)CN(C)C(=O)N1C[C@H](O)C[C@H]1C(=O)O. The van der Waals surface area contributed by atoms with Gasteiger partial charge in [-0.2, -0.15) is 0 Å². The van der Waals surface area contributed by atoms with Crippen LogP contribution in [0, 0.1) is 0 Å². The van der Waals surface area contributed by atoms with Gasteiger partial charge in [0.15, 0.2) is 0 Å². The van der Waals surface area contributed by atoms with Crippen LogP contribution in [-0.2, 0) is 9.59 Å². The number of likely N-dealkylation sites (tertiary alicyclic amines) is 1. The first-order chi connectivity index (χ1) is 9.36. The Morgan fingerprint density at radius 3 is 2.60 bits per heavy atom. The molecule has 1 aliphatic heterocycles. The van der Waals surface area contributed by atoms with Crippen LogP contribution >= 0.6 is 0 Å². The third-order valence-electron chi connectivity index (χ3n) is 3.09. The van der Waals surface area contributed by atoms with E-state index in [4.69, 9.17) is 5.11 Å². The maximum absolute atomic E-state index is 12.1. The minimum Gasteiger partial charge on any atom is -0.480 e. The summed E-state index contributed by atoms with van der Waals surface area (Å²) in [5, 5.41) is 21.2. The molecule has 114 valence electrons. The molecule has 1 fully saturated rings. The molecule has 3 amide bonds. The summed E-state index contributed by atoms with van der Waals surface area (Å²) in [7, 11) is 1.43. The zero-order chi connectivity index (χ0) is 15.3. The zero-order valence-corrected chi connectivity index (χ0v) is 11.7. The Morgan fingerprint density at radius 1 is 1.40 bits per heavy atom. The number of rotatable bonds is 5. The molecular weight excluding hydrogens is 266 g/mol. The fraction of sp³-hybridized carbons (Fsp3) is 0.750. The first-order valence-corrected chi connectivity index (χ1v) is 6.56. The third kappa shape index (κ3) is 4.09. The maximum Gasteiger partial charge on any atom is 0.326 e. The summed E-state index contributed by atoms with van der Waals surface area (Å²) in [6.07, 6.45) is -0.0397. The van der Waals surface area contributed by atoms with Crippen LogP contribution in [0.1, 0.15) is 19.8 Å². The summed E-state index contributed by atoms with van der Waals surface area (Å²) in [6, 6.07) is -1.61. The van der Waals surface area contributed by atoms with Crippen LogP contribution in [0.15, 0.2) is 0 Å². The number of likely N-dealkylation sites (N-methyl/N-ethyl adjacent to an activating group) is 1. The summed E-state index contributed by atoms with van der Waals surface area (Å²) in [5.74, 6) is -1.45. The number of urea groups is 1. The number of nitrogens with one attached hydrogen (secondary N) is 1. The van der Waals surface area contributed by atoms with Crippen molar-refractivity contribution in [2.24, 2.45) is 0 Å². The number of aliphatic hydroxyl groups excluding tert-OH is 1. The lowest BCUT2D eigenvalue weighted by Gasteiger charge is -2.27. The second-order valence-electron chi connectivity index (χ2n) is 4.88. The second kappa shape index (κ2) is 7.09. The van der Waals surface area contributed by atoms with E-state index in [0.717, 1.165) is 16.2 Å². The first kappa shape index (κ1) is 16.2. The van der Waals surface area contributed by atoms with Gasteiger partial charge in [-0.15, -0.1) is 0 Å². The van der Waals surface area contributed by atoms with Gasteiger partial charge in [-0.3, -0.25) is 4.79 Å². The smallest absolute Gasteiger partial charge is 0.326 e. The van der Waals surface area contributed by atoms with Gasteiger partial charge in [-0.1, -0.05) is 6.92 Å². The normalized spacial score (nSPS) is 21.6. The van der Waals surface area contributed by atoms with E-state index < -0.39 is 24.1 Å². The molecule has 0 saturated carbocycles. The number of carboxylic acid groups (broad SMARTS) is 1. The lowest BCUT2D eigenvalue weighted by molar-refractivity contribution is -0.141. The third-order valence-corrected chi connectivity index (χ3v) is 3.09. The number of aliphatic hydroxyl groups is 1. The van der Waals surface area contributed by atoms with Crippen molar-refractivity contribution in [1.29, 1.82) is 0 Å². The summed E-state index contributed by atoms with van der Waals surface area (Å²) < 4.78 is 0. The highest BCUT2D eigenvalue weighted by molar-refractivity contribution is 5.87. The van der Waals surface area contributed by atoms with Gasteiger partial charge in [0.2, 0.25) is 5.91 Å². The molecule has 3 N–H and O–H groups in total. The van der Waals surface area contributed by atoms with E-state index in [9.17, 15) is 19.5 Å². The van der Waals surface area contributed by atoms with Crippen LogP contribution < -0.4 is 5.32 Å². The van der Waals surface area contributed by atoms with Crippen molar-refractivity contribution in [3.8, 4) is 0 Å². The second-order valence-corrected chi connectivity index (χ2v) is 4.88. The van der Waals surface area contributed by atoms with Crippen molar-refractivity contribution in [2.75, 3.05) is 26.7 Å². The quantitative estimate of drug-likeness (QED) is 0.606. The summed E-state index contributed by atoms with van der Waals surface area (Å²) >= 11 is 0. The Labute approximate surface area is 117 Å². The van der Waals surface area contributed by atoms with Crippen molar-refractivity contribution >= 4 is 17.9 Å². The number of nitrogens with zero attached hydrogens (tertiary/aromatic N) is 2. The van der Waals surface area contributed by atoms with Crippen molar-refractivity contribution in [2.45, 2.75) is 31.9 Å². The van der Waals surface area contributed by atoms with Crippen LogP contribution in [0.4, 0.5) is 4.79 Å². The summed E-state index contributed by atoms with van der Waals surface area (Å²) in [6.45, 7) is 2.27. The van der Waals surface area contributed by atoms with Crippen LogP contribution in [0.5, 0.6) is 0 Å². The van der Waals surface area contributed by atoms with E-state index in [0.29, 0.717) is 6.54 Å². The van der Waals surface area contributed by atoms with E-state index in [1.54, 1.807) is 0 Å². The van der Waals surface area contributed by atoms with E-state index >= 15 is 0 Å². The number of amides is 3. The largest absolute Gasteiger partial charge is 0.480 e. The standard InChI is InChI=1S/C12H21N3O5/c1-3-4-13-10(17)7-14(2)12(20)15-6-8(16)5-9(15)11(18)19/h8-9,16H,3-7H2,1-2H3,(H,13,17)(H,18,19)/t8-,9+/m1/s1. The number of β-amino-alcohol motifs (C(OH)–C–C–N with tert-alkyl or cyclic N) is 1. The van der Waals surface area contributed by atoms with Gasteiger partial charge in [0, 0.05) is 26.6 Å². The molecule has 1 aliphatic rings.